The third-order valence-electron chi connectivity index (χ3n) is 4.62. The van der Waals surface area contributed by atoms with Crippen molar-refractivity contribution in [2.75, 3.05) is 6.61 Å². The fourth-order valence-corrected chi connectivity index (χ4v) is 4.41. The van der Waals surface area contributed by atoms with Gasteiger partial charge < -0.3 is 14.7 Å². The summed E-state index contributed by atoms with van der Waals surface area (Å²) in [7, 11) is 0. The summed E-state index contributed by atoms with van der Waals surface area (Å²) < 4.78 is 5.71. The molecule has 142 valence electrons. The van der Waals surface area contributed by atoms with Gasteiger partial charge in [0.15, 0.2) is 5.76 Å². The van der Waals surface area contributed by atoms with Crippen molar-refractivity contribution in [2.45, 2.75) is 64.2 Å². The minimum atomic E-state index is -0.851. The fourth-order valence-electron chi connectivity index (χ4n) is 3.29. The number of hydrogen-bond donors (Lipinski definition) is 2. The van der Waals surface area contributed by atoms with Crippen LogP contribution in [0.25, 0.3) is 10.6 Å². The van der Waals surface area contributed by atoms with E-state index in [0.717, 1.165) is 46.2 Å². The predicted octanol–water partition coefficient (Wildman–Crippen LogP) is 4.20. The monoisotopic (exact) mass is 378 g/mol. The van der Waals surface area contributed by atoms with Crippen LogP contribution in [0.3, 0.4) is 0 Å². The first-order chi connectivity index (χ1) is 12.5. The van der Waals surface area contributed by atoms with Gasteiger partial charge in [0.1, 0.15) is 0 Å². The van der Waals surface area contributed by atoms with E-state index in [9.17, 15) is 9.90 Å². The Balaban J connectivity index is 1.92. The molecule has 1 unspecified atom stereocenters. The Kier molecular flexibility index (Phi) is 6.09. The van der Waals surface area contributed by atoms with Gasteiger partial charge in [-0.05, 0) is 37.5 Å². The second-order valence-corrected chi connectivity index (χ2v) is 8.58. The number of carboxylic acids is 1. The molecule has 6 nitrogen and oxygen atoms in total. The van der Waals surface area contributed by atoms with Crippen LogP contribution in [0.15, 0.2) is 10.7 Å². The van der Waals surface area contributed by atoms with Crippen molar-refractivity contribution in [3.05, 3.63) is 22.5 Å². The predicted molar refractivity (Wildman–Crippen MR) is 99.4 cm³/mol. The molecule has 1 aliphatic carbocycles. The van der Waals surface area contributed by atoms with E-state index in [0.29, 0.717) is 24.7 Å². The van der Waals surface area contributed by atoms with Crippen molar-refractivity contribution in [3.8, 4) is 10.6 Å². The molecule has 1 aliphatic rings. The average molecular weight is 378 g/mol. The lowest BCUT2D eigenvalue weighted by Crippen LogP contribution is -2.09. The molecule has 2 N–H and O–H groups in total. The summed E-state index contributed by atoms with van der Waals surface area (Å²) >= 11 is 1.63. The second kappa shape index (κ2) is 8.31. The van der Waals surface area contributed by atoms with Gasteiger partial charge in [0, 0.05) is 30.7 Å². The van der Waals surface area contributed by atoms with Gasteiger partial charge in [0.05, 0.1) is 22.0 Å². The highest BCUT2D eigenvalue weighted by Crippen LogP contribution is 2.49. The quantitative estimate of drug-likeness (QED) is 0.643. The molecule has 7 heteroatoms. The molecule has 26 heavy (non-hydrogen) atoms. The zero-order valence-electron chi connectivity index (χ0n) is 15.3. The maximum absolute atomic E-state index is 11.3. The highest BCUT2D eigenvalue weighted by molar-refractivity contribution is 7.15. The van der Waals surface area contributed by atoms with Crippen molar-refractivity contribution in [1.82, 2.24) is 10.1 Å². The van der Waals surface area contributed by atoms with Crippen LogP contribution in [0, 0.1) is 5.92 Å². The summed E-state index contributed by atoms with van der Waals surface area (Å²) in [6.45, 7) is 4.38. The number of aliphatic hydroxyl groups is 1. The summed E-state index contributed by atoms with van der Waals surface area (Å²) in [4.78, 5) is 16.8. The zero-order valence-corrected chi connectivity index (χ0v) is 16.1. The van der Waals surface area contributed by atoms with Gasteiger partial charge in [-0.2, -0.15) is 0 Å². The van der Waals surface area contributed by atoms with Gasteiger partial charge in [-0.3, -0.25) is 4.79 Å². The van der Waals surface area contributed by atoms with Crippen molar-refractivity contribution in [1.29, 1.82) is 0 Å². The van der Waals surface area contributed by atoms with Crippen LogP contribution in [0.2, 0.25) is 0 Å². The summed E-state index contributed by atoms with van der Waals surface area (Å²) in [6, 6.07) is 0. The first kappa shape index (κ1) is 19.0. The summed E-state index contributed by atoms with van der Waals surface area (Å²) in [5.41, 5.74) is 1.83. The summed E-state index contributed by atoms with van der Waals surface area (Å²) in [5, 5.41) is 23.8. The number of rotatable bonds is 10. The topological polar surface area (TPSA) is 96.5 Å². The SMILES string of the molecule is CC(C)Cc1ncc(-c2onc(C(CCCO)CC(=O)O)c2C2CC2)s1. The van der Waals surface area contributed by atoms with Crippen LogP contribution in [0.1, 0.15) is 74.1 Å². The minimum absolute atomic E-state index is 0.00693. The number of nitrogens with zero attached hydrogens (tertiary/aromatic N) is 2. The van der Waals surface area contributed by atoms with Crippen LogP contribution in [-0.2, 0) is 11.2 Å². The summed E-state index contributed by atoms with van der Waals surface area (Å²) in [6.07, 6.45) is 6.10. The molecule has 2 heterocycles. The Morgan fingerprint density at radius 1 is 1.42 bits per heavy atom. The number of aliphatic carboxylic acids is 1. The zero-order chi connectivity index (χ0) is 18.7. The standard InChI is InChI=1S/C19H26N2O4S/c1-11(2)8-15-20-10-14(26-15)19-17(12-5-6-12)18(21-25-19)13(4-3-7-22)9-16(23)24/h10-13,22H,3-9H2,1-2H3,(H,23,24). The number of aromatic nitrogens is 2. The first-order valence-corrected chi connectivity index (χ1v) is 10.1. The molecule has 0 amide bonds. The molecular weight excluding hydrogens is 352 g/mol. The van der Waals surface area contributed by atoms with Gasteiger partial charge >= 0.3 is 5.97 Å². The van der Waals surface area contributed by atoms with Crippen LogP contribution in [0.5, 0.6) is 0 Å². The molecule has 1 saturated carbocycles. The van der Waals surface area contributed by atoms with Crippen LogP contribution in [-0.4, -0.2) is 32.9 Å². The Hall–Kier alpha value is -1.73. The molecule has 0 saturated heterocycles. The molecule has 0 aromatic carbocycles. The summed E-state index contributed by atoms with van der Waals surface area (Å²) in [5.74, 6) is 0.620. The minimum Gasteiger partial charge on any atom is -0.481 e. The molecule has 0 radical (unpaired) electrons. The van der Waals surface area contributed by atoms with E-state index in [1.807, 2.05) is 6.20 Å². The Bertz CT molecular complexity index is 749. The van der Waals surface area contributed by atoms with Crippen molar-refractivity contribution in [3.63, 3.8) is 0 Å². The largest absolute Gasteiger partial charge is 0.481 e. The van der Waals surface area contributed by atoms with Crippen molar-refractivity contribution < 1.29 is 19.5 Å². The maximum Gasteiger partial charge on any atom is 0.304 e. The normalized spacial score (nSPS) is 15.5. The van der Waals surface area contributed by atoms with E-state index >= 15 is 0 Å². The van der Waals surface area contributed by atoms with Gasteiger partial charge in [0.25, 0.3) is 0 Å². The number of hydrogen-bond acceptors (Lipinski definition) is 6. The molecule has 1 atom stereocenters. The third kappa shape index (κ3) is 4.51. The van der Waals surface area contributed by atoms with E-state index < -0.39 is 5.97 Å². The van der Waals surface area contributed by atoms with Crippen molar-refractivity contribution >= 4 is 17.3 Å². The molecule has 0 bridgehead atoms. The van der Waals surface area contributed by atoms with Crippen LogP contribution < -0.4 is 0 Å². The highest BCUT2D eigenvalue weighted by Gasteiger charge is 2.36. The van der Waals surface area contributed by atoms with Gasteiger partial charge in [0.2, 0.25) is 0 Å². The molecular formula is C19H26N2O4S. The fraction of sp³-hybridized carbons (Fsp3) is 0.632. The molecule has 3 rings (SSSR count). The van der Waals surface area contributed by atoms with Crippen molar-refractivity contribution in [2.24, 2.45) is 5.92 Å². The lowest BCUT2D eigenvalue weighted by Gasteiger charge is -2.13. The lowest BCUT2D eigenvalue weighted by molar-refractivity contribution is -0.137. The molecule has 0 aliphatic heterocycles. The van der Waals surface area contributed by atoms with Gasteiger partial charge in [-0.25, -0.2) is 4.98 Å². The number of carboxylic acid groups (broad SMARTS) is 1. The van der Waals surface area contributed by atoms with E-state index in [-0.39, 0.29) is 18.9 Å². The number of carbonyl (C=O) groups is 1. The molecule has 2 aromatic heterocycles. The van der Waals surface area contributed by atoms with Crippen LogP contribution >= 0.6 is 11.3 Å². The first-order valence-electron chi connectivity index (χ1n) is 9.26. The van der Waals surface area contributed by atoms with Gasteiger partial charge in [-0.1, -0.05) is 19.0 Å². The smallest absolute Gasteiger partial charge is 0.304 e. The molecule has 2 aromatic rings. The Labute approximate surface area is 157 Å². The second-order valence-electron chi connectivity index (χ2n) is 7.46. The number of aliphatic hydroxyl groups excluding tert-OH is 1. The Morgan fingerprint density at radius 3 is 2.81 bits per heavy atom. The average Bonchev–Trinajstić information content (AvgIpc) is 3.15. The molecule has 0 spiro atoms. The van der Waals surface area contributed by atoms with E-state index in [1.165, 1.54) is 0 Å². The van der Waals surface area contributed by atoms with Crippen LogP contribution in [0.4, 0.5) is 0 Å². The molecule has 1 fully saturated rings. The maximum atomic E-state index is 11.3. The third-order valence-corrected chi connectivity index (χ3v) is 5.64. The van der Waals surface area contributed by atoms with E-state index in [1.54, 1.807) is 11.3 Å². The highest BCUT2D eigenvalue weighted by atomic mass is 32.1. The number of thiazole rings is 1. The van der Waals surface area contributed by atoms with E-state index in [4.69, 9.17) is 9.63 Å². The Morgan fingerprint density at radius 2 is 2.19 bits per heavy atom. The van der Waals surface area contributed by atoms with Gasteiger partial charge in [-0.15, -0.1) is 11.3 Å². The lowest BCUT2D eigenvalue weighted by atomic mass is 9.91. The van der Waals surface area contributed by atoms with E-state index in [2.05, 4.69) is 24.0 Å².